The van der Waals surface area contributed by atoms with Gasteiger partial charge in [0, 0.05) is 5.92 Å². The standard InChI is InChI=1S/C11H18O5/c1-7-5-6-10(2,3)16-11(7,8(12)13)9(14)15-4/h7H,5-6H2,1-4H3,(H,12,13). The lowest BCUT2D eigenvalue weighted by Gasteiger charge is -2.44. The highest BCUT2D eigenvalue weighted by molar-refractivity contribution is 6.03. The summed E-state index contributed by atoms with van der Waals surface area (Å²) >= 11 is 0. The summed E-state index contributed by atoms with van der Waals surface area (Å²) in [6.07, 6.45) is 1.34. The van der Waals surface area contributed by atoms with Gasteiger partial charge in [-0.2, -0.15) is 0 Å². The fraction of sp³-hybridized carbons (Fsp3) is 0.818. The summed E-state index contributed by atoms with van der Waals surface area (Å²) in [7, 11) is 1.17. The minimum atomic E-state index is -1.86. The first kappa shape index (κ1) is 13.0. The van der Waals surface area contributed by atoms with Gasteiger partial charge in [-0.3, -0.25) is 0 Å². The van der Waals surface area contributed by atoms with E-state index in [1.807, 2.05) is 0 Å². The molecule has 1 heterocycles. The fourth-order valence-electron chi connectivity index (χ4n) is 2.09. The molecule has 92 valence electrons. The Labute approximate surface area is 94.7 Å². The van der Waals surface area contributed by atoms with Gasteiger partial charge >= 0.3 is 11.9 Å². The first-order chi connectivity index (χ1) is 7.26. The molecule has 5 nitrogen and oxygen atoms in total. The van der Waals surface area contributed by atoms with E-state index in [1.54, 1.807) is 20.8 Å². The zero-order valence-corrected chi connectivity index (χ0v) is 10.1. The number of carboxylic acid groups (broad SMARTS) is 1. The lowest BCUT2D eigenvalue weighted by Crippen LogP contribution is -2.61. The Morgan fingerprint density at radius 3 is 2.44 bits per heavy atom. The Kier molecular flexibility index (Phi) is 3.28. The highest BCUT2D eigenvalue weighted by Gasteiger charge is 2.58. The summed E-state index contributed by atoms with van der Waals surface area (Å²) in [6, 6.07) is 0. The number of carbonyl (C=O) groups excluding carboxylic acids is 1. The maximum atomic E-state index is 11.7. The van der Waals surface area contributed by atoms with Crippen LogP contribution in [-0.4, -0.2) is 35.4 Å². The predicted molar refractivity (Wildman–Crippen MR) is 55.9 cm³/mol. The Morgan fingerprint density at radius 2 is 2.00 bits per heavy atom. The zero-order valence-electron chi connectivity index (χ0n) is 10.1. The summed E-state index contributed by atoms with van der Waals surface area (Å²) in [4.78, 5) is 23.0. The Bertz CT molecular complexity index is 309. The van der Waals surface area contributed by atoms with Crippen LogP contribution < -0.4 is 0 Å². The lowest BCUT2D eigenvalue weighted by atomic mass is 9.78. The van der Waals surface area contributed by atoms with Crippen LogP contribution in [0.15, 0.2) is 0 Å². The first-order valence-corrected chi connectivity index (χ1v) is 5.28. The maximum Gasteiger partial charge on any atom is 0.350 e. The number of esters is 1. The van der Waals surface area contributed by atoms with E-state index in [2.05, 4.69) is 4.74 Å². The number of ether oxygens (including phenoxy) is 2. The fourth-order valence-corrected chi connectivity index (χ4v) is 2.09. The Morgan fingerprint density at radius 1 is 1.44 bits per heavy atom. The van der Waals surface area contributed by atoms with Gasteiger partial charge in [0.15, 0.2) is 0 Å². The van der Waals surface area contributed by atoms with Gasteiger partial charge in [0.05, 0.1) is 12.7 Å². The van der Waals surface area contributed by atoms with Crippen LogP contribution in [-0.2, 0) is 19.1 Å². The molecule has 0 saturated carbocycles. The van der Waals surface area contributed by atoms with E-state index in [1.165, 1.54) is 7.11 Å². The van der Waals surface area contributed by atoms with Crippen LogP contribution in [0.1, 0.15) is 33.6 Å². The highest BCUT2D eigenvalue weighted by Crippen LogP contribution is 2.40. The molecular weight excluding hydrogens is 212 g/mol. The maximum absolute atomic E-state index is 11.7. The minimum absolute atomic E-state index is 0.398. The molecule has 0 amide bonds. The van der Waals surface area contributed by atoms with Crippen LogP contribution in [0.2, 0.25) is 0 Å². The highest BCUT2D eigenvalue weighted by atomic mass is 16.6. The van der Waals surface area contributed by atoms with Crippen LogP contribution in [0.25, 0.3) is 0 Å². The molecule has 2 unspecified atom stereocenters. The van der Waals surface area contributed by atoms with Crippen molar-refractivity contribution < 1.29 is 24.2 Å². The number of hydrogen-bond donors (Lipinski definition) is 1. The normalized spacial score (nSPS) is 33.1. The van der Waals surface area contributed by atoms with E-state index in [9.17, 15) is 14.7 Å². The number of carbonyl (C=O) groups is 2. The van der Waals surface area contributed by atoms with Crippen molar-refractivity contribution in [2.24, 2.45) is 5.92 Å². The Hall–Kier alpha value is -1.10. The molecule has 16 heavy (non-hydrogen) atoms. The number of carboxylic acids is 1. The SMILES string of the molecule is COC(=O)C1(C(=O)O)OC(C)(C)CCC1C. The second-order valence-corrected chi connectivity index (χ2v) is 4.83. The van der Waals surface area contributed by atoms with Gasteiger partial charge in [-0.15, -0.1) is 0 Å². The molecule has 1 fully saturated rings. The van der Waals surface area contributed by atoms with Gasteiger partial charge in [0.1, 0.15) is 0 Å². The van der Waals surface area contributed by atoms with E-state index >= 15 is 0 Å². The van der Waals surface area contributed by atoms with Gasteiger partial charge < -0.3 is 14.6 Å². The van der Waals surface area contributed by atoms with Crippen molar-refractivity contribution >= 4 is 11.9 Å². The average molecular weight is 230 g/mol. The molecule has 1 rings (SSSR count). The van der Waals surface area contributed by atoms with Crippen molar-refractivity contribution in [2.45, 2.75) is 44.8 Å². The third-order valence-electron chi connectivity index (χ3n) is 3.12. The van der Waals surface area contributed by atoms with Gasteiger partial charge in [-0.25, -0.2) is 9.59 Å². The predicted octanol–water partition coefficient (Wildman–Crippen LogP) is 1.21. The third kappa shape index (κ3) is 1.91. The molecule has 0 aromatic heterocycles. The summed E-state index contributed by atoms with van der Waals surface area (Å²) in [5.41, 5.74) is -2.49. The summed E-state index contributed by atoms with van der Waals surface area (Å²) in [5.74, 6) is -2.51. The lowest BCUT2D eigenvalue weighted by molar-refractivity contribution is -0.227. The molecule has 1 aliphatic rings. The van der Waals surface area contributed by atoms with Crippen LogP contribution in [0.4, 0.5) is 0 Å². The molecule has 0 spiro atoms. The second kappa shape index (κ2) is 4.05. The molecule has 5 heteroatoms. The number of aliphatic carboxylic acids is 1. The molecular formula is C11H18O5. The van der Waals surface area contributed by atoms with Gasteiger partial charge in [-0.05, 0) is 26.7 Å². The molecule has 1 aliphatic heterocycles. The molecule has 1 saturated heterocycles. The van der Waals surface area contributed by atoms with Crippen LogP contribution >= 0.6 is 0 Å². The molecule has 0 aliphatic carbocycles. The van der Waals surface area contributed by atoms with Crippen LogP contribution in [0.3, 0.4) is 0 Å². The van der Waals surface area contributed by atoms with Gasteiger partial charge in [0.25, 0.3) is 5.60 Å². The molecule has 0 radical (unpaired) electrons. The van der Waals surface area contributed by atoms with Crippen molar-refractivity contribution in [3.8, 4) is 0 Å². The Balaban J connectivity index is 3.16. The topological polar surface area (TPSA) is 72.8 Å². The third-order valence-corrected chi connectivity index (χ3v) is 3.12. The second-order valence-electron chi connectivity index (χ2n) is 4.83. The number of rotatable bonds is 2. The van der Waals surface area contributed by atoms with Crippen molar-refractivity contribution in [2.75, 3.05) is 7.11 Å². The van der Waals surface area contributed by atoms with E-state index < -0.39 is 29.1 Å². The summed E-state index contributed by atoms with van der Waals surface area (Å²) < 4.78 is 10.1. The quantitative estimate of drug-likeness (QED) is 0.570. The van der Waals surface area contributed by atoms with Crippen molar-refractivity contribution in [3.05, 3.63) is 0 Å². The first-order valence-electron chi connectivity index (χ1n) is 5.28. The molecule has 0 aromatic carbocycles. The molecule has 0 bridgehead atoms. The van der Waals surface area contributed by atoms with E-state index in [0.29, 0.717) is 6.42 Å². The smallest absolute Gasteiger partial charge is 0.350 e. The van der Waals surface area contributed by atoms with Crippen LogP contribution in [0, 0.1) is 5.92 Å². The van der Waals surface area contributed by atoms with E-state index in [4.69, 9.17) is 4.74 Å². The van der Waals surface area contributed by atoms with Crippen LogP contribution in [0.5, 0.6) is 0 Å². The van der Waals surface area contributed by atoms with Crippen molar-refractivity contribution in [3.63, 3.8) is 0 Å². The summed E-state index contributed by atoms with van der Waals surface area (Å²) in [5, 5.41) is 9.27. The number of methoxy groups -OCH3 is 1. The monoisotopic (exact) mass is 230 g/mol. The molecule has 2 atom stereocenters. The van der Waals surface area contributed by atoms with E-state index in [0.717, 1.165) is 6.42 Å². The summed E-state index contributed by atoms with van der Waals surface area (Å²) in [6.45, 7) is 5.25. The van der Waals surface area contributed by atoms with Crippen molar-refractivity contribution in [1.82, 2.24) is 0 Å². The van der Waals surface area contributed by atoms with Gasteiger partial charge in [-0.1, -0.05) is 6.92 Å². The van der Waals surface area contributed by atoms with Crippen molar-refractivity contribution in [1.29, 1.82) is 0 Å². The average Bonchev–Trinajstić information content (AvgIpc) is 2.20. The molecule has 0 aromatic rings. The van der Waals surface area contributed by atoms with E-state index in [-0.39, 0.29) is 0 Å². The zero-order chi connectivity index (χ0) is 12.6. The molecule has 1 N–H and O–H groups in total. The largest absolute Gasteiger partial charge is 0.479 e. The number of hydrogen-bond acceptors (Lipinski definition) is 4. The van der Waals surface area contributed by atoms with Gasteiger partial charge in [0.2, 0.25) is 0 Å². The minimum Gasteiger partial charge on any atom is -0.479 e.